The molecule has 2 aromatic rings. The van der Waals surface area contributed by atoms with E-state index in [2.05, 4.69) is 4.98 Å². The average Bonchev–Trinajstić information content (AvgIpc) is 2.28. The number of pyridine rings is 1. The Morgan fingerprint density at radius 1 is 1.39 bits per heavy atom. The molecule has 5 heteroatoms. The first-order valence-corrected chi connectivity index (χ1v) is 5.19. The molecule has 1 heterocycles. The van der Waals surface area contributed by atoms with Gasteiger partial charge in [-0.1, -0.05) is 6.07 Å². The summed E-state index contributed by atoms with van der Waals surface area (Å²) in [4.78, 5) is 14.9. The summed E-state index contributed by atoms with van der Waals surface area (Å²) in [5.74, 6) is -1.22. The molecule has 1 N–H and O–H groups in total. The summed E-state index contributed by atoms with van der Waals surface area (Å²) < 4.78 is 18.4. The molecule has 0 saturated carbocycles. The summed E-state index contributed by atoms with van der Waals surface area (Å²) in [7, 11) is 0. The summed E-state index contributed by atoms with van der Waals surface area (Å²) >= 11 is 0. The number of carboxylic acid groups (broad SMARTS) is 1. The van der Waals surface area contributed by atoms with E-state index in [1.165, 1.54) is 30.5 Å². The first-order valence-electron chi connectivity index (χ1n) is 5.19. The molecular formula is C13H10FNO3. The maximum atomic E-state index is 13.0. The van der Waals surface area contributed by atoms with E-state index in [0.29, 0.717) is 5.69 Å². The fourth-order valence-corrected chi connectivity index (χ4v) is 1.44. The molecular weight excluding hydrogens is 237 g/mol. The molecule has 0 spiro atoms. The quantitative estimate of drug-likeness (QED) is 0.905. The van der Waals surface area contributed by atoms with Crippen LogP contribution in [0.25, 0.3) is 0 Å². The van der Waals surface area contributed by atoms with E-state index in [0.717, 1.165) is 0 Å². The predicted molar refractivity (Wildman–Crippen MR) is 62.4 cm³/mol. The molecule has 0 aliphatic rings. The Balaban J connectivity index is 2.39. The average molecular weight is 247 g/mol. The molecule has 0 saturated heterocycles. The first kappa shape index (κ1) is 12.0. The van der Waals surface area contributed by atoms with Gasteiger partial charge in [-0.2, -0.15) is 0 Å². The fourth-order valence-electron chi connectivity index (χ4n) is 1.44. The van der Waals surface area contributed by atoms with Crippen molar-refractivity contribution in [3.8, 4) is 11.5 Å². The van der Waals surface area contributed by atoms with Crippen molar-refractivity contribution >= 4 is 5.97 Å². The molecule has 0 aliphatic heterocycles. The van der Waals surface area contributed by atoms with Gasteiger partial charge in [-0.05, 0) is 19.1 Å². The van der Waals surface area contributed by atoms with Crippen LogP contribution in [-0.2, 0) is 0 Å². The number of aryl methyl sites for hydroxylation is 1. The highest BCUT2D eigenvalue weighted by Gasteiger charge is 2.13. The van der Waals surface area contributed by atoms with E-state index in [1.807, 2.05) is 0 Å². The molecule has 0 atom stereocenters. The molecule has 2 rings (SSSR count). The zero-order valence-corrected chi connectivity index (χ0v) is 9.55. The molecule has 0 bridgehead atoms. The number of rotatable bonds is 3. The van der Waals surface area contributed by atoms with Crippen LogP contribution in [0, 0.1) is 12.7 Å². The van der Waals surface area contributed by atoms with Crippen molar-refractivity contribution in [3.05, 3.63) is 53.6 Å². The van der Waals surface area contributed by atoms with E-state index in [1.54, 1.807) is 13.0 Å². The summed E-state index contributed by atoms with van der Waals surface area (Å²) in [6.07, 6.45) is 1.21. The number of benzene rings is 1. The SMILES string of the molecule is Cc1cc(Oc2cccc(F)c2)c(C(=O)O)cn1. The van der Waals surface area contributed by atoms with E-state index in [4.69, 9.17) is 9.84 Å². The van der Waals surface area contributed by atoms with Crippen LogP contribution >= 0.6 is 0 Å². The molecule has 18 heavy (non-hydrogen) atoms. The molecule has 0 fully saturated rings. The van der Waals surface area contributed by atoms with Gasteiger partial charge in [-0.15, -0.1) is 0 Å². The number of hydrogen-bond acceptors (Lipinski definition) is 3. The van der Waals surface area contributed by atoms with Gasteiger partial charge in [0.1, 0.15) is 22.9 Å². The Labute approximate surface area is 103 Å². The van der Waals surface area contributed by atoms with Crippen LogP contribution in [0.2, 0.25) is 0 Å². The highest BCUT2D eigenvalue weighted by atomic mass is 19.1. The van der Waals surface area contributed by atoms with Crippen LogP contribution in [0.1, 0.15) is 16.1 Å². The van der Waals surface area contributed by atoms with Crippen molar-refractivity contribution < 1.29 is 19.0 Å². The van der Waals surface area contributed by atoms with Gasteiger partial charge in [0.15, 0.2) is 0 Å². The lowest BCUT2D eigenvalue weighted by molar-refractivity contribution is 0.0693. The van der Waals surface area contributed by atoms with E-state index in [9.17, 15) is 9.18 Å². The smallest absolute Gasteiger partial charge is 0.341 e. The first-order chi connectivity index (χ1) is 8.56. The van der Waals surface area contributed by atoms with Crippen LogP contribution in [0.4, 0.5) is 4.39 Å². The zero-order valence-electron chi connectivity index (χ0n) is 9.55. The standard InChI is InChI=1S/C13H10FNO3/c1-8-5-12(11(7-15-8)13(16)17)18-10-4-2-3-9(14)6-10/h2-7H,1H3,(H,16,17). The second kappa shape index (κ2) is 4.83. The lowest BCUT2D eigenvalue weighted by Crippen LogP contribution is -2.02. The number of hydrogen-bond donors (Lipinski definition) is 1. The number of ether oxygens (including phenoxy) is 1. The second-order valence-electron chi connectivity index (χ2n) is 3.69. The molecule has 1 aromatic heterocycles. The minimum atomic E-state index is -1.14. The van der Waals surface area contributed by atoms with Gasteiger partial charge in [-0.25, -0.2) is 9.18 Å². The van der Waals surface area contributed by atoms with Crippen LogP contribution in [-0.4, -0.2) is 16.1 Å². The summed E-state index contributed by atoms with van der Waals surface area (Å²) in [6, 6.07) is 6.99. The molecule has 0 amide bonds. The number of aromatic carboxylic acids is 1. The Bertz CT molecular complexity index is 599. The minimum absolute atomic E-state index is 0.0649. The molecule has 0 unspecified atom stereocenters. The van der Waals surface area contributed by atoms with Crippen molar-refractivity contribution in [2.75, 3.05) is 0 Å². The molecule has 4 nitrogen and oxygen atoms in total. The monoisotopic (exact) mass is 247 g/mol. The topological polar surface area (TPSA) is 59.4 Å². The molecule has 1 aromatic carbocycles. The third-order valence-corrected chi connectivity index (χ3v) is 2.26. The third-order valence-electron chi connectivity index (χ3n) is 2.26. The van der Waals surface area contributed by atoms with Crippen LogP contribution in [0.15, 0.2) is 36.5 Å². The number of nitrogens with zero attached hydrogens (tertiary/aromatic N) is 1. The van der Waals surface area contributed by atoms with Crippen molar-refractivity contribution in [3.63, 3.8) is 0 Å². The van der Waals surface area contributed by atoms with Gasteiger partial charge >= 0.3 is 5.97 Å². The molecule has 0 radical (unpaired) electrons. The third kappa shape index (κ3) is 2.63. The predicted octanol–water partition coefficient (Wildman–Crippen LogP) is 3.02. The number of carboxylic acids is 1. The Morgan fingerprint density at radius 2 is 2.17 bits per heavy atom. The summed E-state index contributed by atoms with van der Waals surface area (Å²) in [5, 5.41) is 9.00. The highest BCUT2D eigenvalue weighted by Crippen LogP contribution is 2.26. The Hall–Kier alpha value is -2.43. The lowest BCUT2D eigenvalue weighted by atomic mass is 10.2. The summed E-state index contributed by atoms with van der Waals surface area (Å²) in [5.41, 5.74) is 0.552. The molecule has 92 valence electrons. The van der Waals surface area contributed by atoms with E-state index < -0.39 is 11.8 Å². The van der Waals surface area contributed by atoms with Crippen molar-refractivity contribution in [1.82, 2.24) is 4.98 Å². The normalized spacial score (nSPS) is 10.1. The van der Waals surface area contributed by atoms with Gasteiger partial charge in [0.25, 0.3) is 0 Å². The van der Waals surface area contributed by atoms with E-state index in [-0.39, 0.29) is 17.1 Å². The number of aromatic nitrogens is 1. The van der Waals surface area contributed by atoms with Crippen LogP contribution in [0.3, 0.4) is 0 Å². The minimum Gasteiger partial charge on any atom is -0.477 e. The van der Waals surface area contributed by atoms with Gasteiger partial charge < -0.3 is 9.84 Å². The lowest BCUT2D eigenvalue weighted by Gasteiger charge is -2.09. The maximum absolute atomic E-state index is 13.0. The van der Waals surface area contributed by atoms with Gasteiger partial charge in [0.05, 0.1) is 0 Å². The highest BCUT2D eigenvalue weighted by molar-refractivity contribution is 5.90. The largest absolute Gasteiger partial charge is 0.477 e. The van der Waals surface area contributed by atoms with Gasteiger partial charge in [0.2, 0.25) is 0 Å². The van der Waals surface area contributed by atoms with Crippen molar-refractivity contribution in [2.45, 2.75) is 6.92 Å². The Kier molecular flexibility index (Phi) is 3.23. The van der Waals surface area contributed by atoms with E-state index >= 15 is 0 Å². The van der Waals surface area contributed by atoms with Crippen LogP contribution in [0.5, 0.6) is 11.5 Å². The number of halogens is 1. The van der Waals surface area contributed by atoms with Gasteiger partial charge in [0, 0.05) is 24.0 Å². The van der Waals surface area contributed by atoms with Crippen molar-refractivity contribution in [1.29, 1.82) is 0 Å². The van der Waals surface area contributed by atoms with Crippen molar-refractivity contribution in [2.24, 2.45) is 0 Å². The summed E-state index contributed by atoms with van der Waals surface area (Å²) in [6.45, 7) is 1.71. The maximum Gasteiger partial charge on any atom is 0.341 e. The molecule has 0 aliphatic carbocycles. The number of carbonyl (C=O) groups is 1. The van der Waals surface area contributed by atoms with Crippen LogP contribution < -0.4 is 4.74 Å². The fraction of sp³-hybridized carbons (Fsp3) is 0.0769. The van der Waals surface area contributed by atoms with Gasteiger partial charge in [-0.3, -0.25) is 4.98 Å². The Morgan fingerprint density at radius 3 is 2.83 bits per heavy atom. The zero-order chi connectivity index (χ0) is 13.1. The second-order valence-corrected chi connectivity index (χ2v) is 3.69.